The summed E-state index contributed by atoms with van der Waals surface area (Å²) in [7, 11) is 0. The lowest BCUT2D eigenvalue weighted by atomic mass is 10.2. The fourth-order valence-corrected chi connectivity index (χ4v) is 2.19. The molecule has 0 atom stereocenters. The van der Waals surface area contributed by atoms with E-state index in [1.807, 2.05) is 0 Å². The van der Waals surface area contributed by atoms with Crippen molar-refractivity contribution in [1.29, 1.82) is 0 Å². The fourth-order valence-electron chi connectivity index (χ4n) is 1.40. The Kier molecular flexibility index (Phi) is 6.23. The Labute approximate surface area is 113 Å². The van der Waals surface area contributed by atoms with Gasteiger partial charge in [0, 0.05) is 24.8 Å². The number of nitrogens with one attached hydrogen (secondary N) is 1. The Morgan fingerprint density at radius 3 is 2.79 bits per heavy atom. The normalized spacial score (nSPS) is 11.6. The molecule has 0 unspecified atom stereocenters. The topological polar surface area (TPSA) is 68.0 Å². The van der Waals surface area contributed by atoms with E-state index in [2.05, 4.69) is 10.3 Å². The number of hydrogen-bond donors (Lipinski definition) is 2. The minimum absolute atomic E-state index is 0.0132. The lowest BCUT2D eigenvalue weighted by Gasteiger charge is -2.06. The van der Waals surface area contributed by atoms with E-state index in [-0.39, 0.29) is 18.9 Å². The summed E-state index contributed by atoms with van der Waals surface area (Å²) in [6.45, 7) is 0.685. The van der Waals surface area contributed by atoms with E-state index in [4.69, 9.17) is 5.73 Å². The quantitative estimate of drug-likeness (QED) is 0.757. The van der Waals surface area contributed by atoms with Gasteiger partial charge >= 0.3 is 6.18 Å². The Balaban J connectivity index is 2.23. The molecule has 8 heteroatoms. The van der Waals surface area contributed by atoms with Crippen molar-refractivity contribution in [1.82, 2.24) is 10.3 Å². The van der Waals surface area contributed by atoms with E-state index in [1.54, 1.807) is 5.38 Å². The van der Waals surface area contributed by atoms with Crippen LogP contribution in [0.15, 0.2) is 5.38 Å². The van der Waals surface area contributed by atoms with Crippen LogP contribution in [0.3, 0.4) is 0 Å². The zero-order chi connectivity index (χ0) is 14.3. The smallest absolute Gasteiger partial charge is 0.351 e. The summed E-state index contributed by atoms with van der Waals surface area (Å²) < 4.78 is 35.6. The Morgan fingerprint density at radius 2 is 2.16 bits per heavy atom. The molecule has 0 spiro atoms. The van der Waals surface area contributed by atoms with Gasteiger partial charge in [-0.2, -0.15) is 13.2 Å². The number of hydrogen-bond acceptors (Lipinski definition) is 4. The van der Waals surface area contributed by atoms with Crippen LogP contribution in [0.5, 0.6) is 0 Å². The van der Waals surface area contributed by atoms with Crippen molar-refractivity contribution >= 4 is 17.2 Å². The van der Waals surface area contributed by atoms with Crippen molar-refractivity contribution in [3.63, 3.8) is 0 Å². The summed E-state index contributed by atoms with van der Waals surface area (Å²) in [5.74, 6) is -0.355. The number of nitrogens with two attached hydrogens (primary N) is 1. The molecule has 0 aliphatic carbocycles. The second-order valence-corrected chi connectivity index (χ2v) is 4.94. The molecule has 1 aromatic rings. The van der Waals surface area contributed by atoms with Gasteiger partial charge < -0.3 is 11.1 Å². The van der Waals surface area contributed by atoms with Crippen LogP contribution in [0, 0.1) is 0 Å². The zero-order valence-corrected chi connectivity index (χ0v) is 11.1. The zero-order valence-electron chi connectivity index (χ0n) is 10.3. The molecule has 0 saturated heterocycles. The predicted molar refractivity (Wildman–Crippen MR) is 67.1 cm³/mol. The fraction of sp³-hybridized carbons (Fsp3) is 0.636. The summed E-state index contributed by atoms with van der Waals surface area (Å²) in [5.41, 5.74) is 5.66. The number of amides is 1. The lowest BCUT2D eigenvalue weighted by Crippen LogP contribution is -2.25. The maximum absolute atomic E-state index is 11.9. The van der Waals surface area contributed by atoms with Gasteiger partial charge in [-0.25, -0.2) is 4.98 Å². The molecule has 0 aromatic carbocycles. The summed E-state index contributed by atoms with van der Waals surface area (Å²) in [6.07, 6.45) is -4.02. The van der Waals surface area contributed by atoms with E-state index in [9.17, 15) is 18.0 Å². The molecule has 1 heterocycles. The van der Waals surface area contributed by atoms with Crippen LogP contribution in [-0.2, 0) is 6.42 Å². The SMILES string of the molecule is NCCc1nc(C(=O)NCCCCC(F)(F)F)cs1. The highest BCUT2D eigenvalue weighted by atomic mass is 32.1. The Hall–Kier alpha value is -1.15. The van der Waals surface area contributed by atoms with Gasteiger partial charge in [-0.3, -0.25) is 4.79 Å². The molecular formula is C11H16F3N3OS. The molecule has 19 heavy (non-hydrogen) atoms. The Morgan fingerprint density at radius 1 is 1.42 bits per heavy atom. The van der Waals surface area contributed by atoms with Crippen molar-refractivity contribution < 1.29 is 18.0 Å². The molecule has 0 saturated carbocycles. The third kappa shape index (κ3) is 6.53. The number of nitrogens with zero attached hydrogens (tertiary/aromatic N) is 1. The predicted octanol–water partition coefficient (Wildman–Crippen LogP) is 2.11. The summed E-state index contributed by atoms with van der Waals surface area (Å²) in [5, 5.41) is 4.95. The largest absolute Gasteiger partial charge is 0.389 e. The van der Waals surface area contributed by atoms with Crippen LogP contribution < -0.4 is 11.1 Å². The van der Waals surface area contributed by atoms with Gasteiger partial charge in [-0.15, -0.1) is 11.3 Å². The van der Waals surface area contributed by atoms with Crippen LogP contribution in [-0.4, -0.2) is 30.2 Å². The van der Waals surface area contributed by atoms with Gasteiger partial charge in [0.2, 0.25) is 0 Å². The number of aromatic nitrogens is 1. The summed E-state index contributed by atoms with van der Waals surface area (Å²) >= 11 is 1.35. The van der Waals surface area contributed by atoms with Crippen LogP contribution in [0.2, 0.25) is 0 Å². The molecule has 0 aliphatic rings. The lowest BCUT2D eigenvalue weighted by molar-refractivity contribution is -0.135. The number of rotatable bonds is 7. The van der Waals surface area contributed by atoms with Crippen molar-refractivity contribution in [3.8, 4) is 0 Å². The van der Waals surface area contributed by atoms with E-state index in [1.165, 1.54) is 11.3 Å². The summed E-state index contributed by atoms with van der Waals surface area (Å²) in [6, 6.07) is 0. The molecule has 1 rings (SSSR count). The number of alkyl halides is 3. The van der Waals surface area contributed by atoms with Crippen molar-refractivity contribution in [2.24, 2.45) is 5.73 Å². The number of carbonyl (C=O) groups excluding carboxylic acids is 1. The first-order valence-corrected chi connectivity index (χ1v) is 6.80. The van der Waals surface area contributed by atoms with Crippen LogP contribution >= 0.6 is 11.3 Å². The Bertz CT molecular complexity index is 406. The molecule has 108 valence electrons. The van der Waals surface area contributed by atoms with E-state index in [0.717, 1.165) is 5.01 Å². The van der Waals surface area contributed by atoms with Gasteiger partial charge in [0.25, 0.3) is 5.91 Å². The standard InChI is InChI=1S/C11H16F3N3OS/c12-11(13,14)4-1-2-6-16-10(18)8-7-19-9(17-8)3-5-15/h7H,1-6,15H2,(H,16,18). The molecule has 3 N–H and O–H groups in total. The maximum atomic E-state index is 11.9. The summed E-state index contributed by atoms with van der Waals surface area (Å²) in [4.78, 5) is 15.7. The van der Waals surface area contributed by atoms with Crippen LogP contribution in [0.4, 0.5) is 13.2 Å². The highest BCUT2D eigenvalue weighted by molar-refractivity contribution is 7.09. The highest BCUT2D eigenvalue weighted by Crippen LogP contribution is 2.21. The number of carbonyl (C=O) groups is 1. The average molecular weight is 295 g/mol. The van der Waals surface area contributed by atoms with E-state index in [0.29, 0.717) is 25.1 Å². The minimum atomic E-state index is -4.13. The van der Waals surface area contributed by atoms with Gasteiger partial charge in [0.1, 0.15) is 5.69 Å². The second kappa shape index (κ2) is 7.44. The molecule has 0 bridgehead atoms. The van der Waals surface area contributed by atoms with Gasteiger partial charge in [-0.05, 0) is 19.4 Å². The first-order chi connectivity index (χ1) is 8.92. The number of thiazole rings is 1. The molecular weight excluding hydrogens is 279 g/mol. The monoisotopic (exact) mass is 295 g/mol. The third-order valence-electron chi connectivity index (χ3n) is 2.32. The highest BCUT2D eigenvalue weighted by Gasteiger charge is 2.25. The van der Waals surface area contributed by atoms with Gasteiger partial charge in [0.15, 0.2) is 0 Å². The van der Waals surface area contributed by atoms with Crippen molar-refractivity contribution in [2.45, 2.75) is 31.9 Å². The molecule has 1 amide bonds. The number of unbranched alkanes of at least 4 members (excludes halogenated alkanes) is 1. The average Bonchev–Trinajstić information content (AvgIpc) is 2.76. The first-order valence-electron chi connectivity index (χ1n) is 5.92. The molecule has 0 aliphatic heterocycles. The molecule has 1 aromatic heterocycles. The van der Waals surface area contributed by atoms with E-state index < -0.39 is 12.6 Å². The molecule has 0 radical (unpaired) electrons. The third-order valence-corrected chi connectivity index (χ3v) is 3.22. The van der Waals surface area contributed by atoms with E-state index >= 15 is 0 Å². The molecule has 4 nitrogen and oxygen atoms in total. The first kappa shape index (κ1) is 15.9. The van der Waals surface area contributed by atoms with Gasteiger partial charge in [-0.1, -0.05) is 0 Å². The number of halogens is 3. The van der Waals surface area contributed by atoms with Crippen LogP contribution in [0.1, 0.15) is 34.8 Å². The maximum Gasteiger partial charge on any atom is 0.389 e. The minimum Gasteiger partial charge on any atom is -0.351 e. The van der Waals surface area contributed by atoms with Crippen molar-refractivity contribution in [2.75, 3.05) is 13.1 Å². The van der Waals surface area contributed by atoms with Gasteiger partial charge in [0.05, 0.1) is 5.01 Å². The van der Waals surface area contributed by atoms with Crippen LogP contribution in [0.25, 0.3) is 0 Å². The molecule has 0 fully saturated rings. The van der Waals surface area contributed by atoms with Crippen molar-refractivity contribution in [3.05, 3.63) is 16.1 Å². The second-order valence-electron chi connectivity index (χ2n) is 3.99.